The SMILES string of the molecule is O=c1ccc2ccncc2n1CCN1CCC(N(CC#Cc2ccccc2)Cc2ccccc2)CC1. The Kier molecular flexibility index (Phi) is 7.87. The molecule has 0 spiro atoms. The highest BCUT2D eigenvalue weighted by Gasteiger charge is 2.24. The number of benzene rings is 2. The van der Waals surface area contributed by atoms with Crippen molar-refractivity contribution in [2.24, 2.45) is 0 Å². The quantitative estimate of drug-likeness (QED) is 0.371. The van der Waals surface area contributed by atoms with E-state index < -0.39 is 0 Å². The van der Waals surface area contributed by atoms with Gasteiger partial charge in [0, 0.05) is 48.9 Å². The predicted molar refractivity (Wildman–Crippen MR) is 146 cm³/mol. The van der Waals surface area contributed by atoms with Gasteiger partial charge in [0.05, 0.1) is 18.3 Å². The van der Waals surface area contributed by atoms with Crippen molar-refractivity contribution in [3.05, 3.63) is 113 Å². The van der Waals surface area contributed by atoms with Crippen LogP contribution < -0.4 is 5.56 Å². The van der Waals surface area contributed by atoms with E-state index >= 15 is 0 Å². The van der Waals surface area contributed by atoms with Crippen LogP contribution in [0.1, 0.15) is 24.0 Å². The van der Waals surface area contributed by atoms with Crippen LogP contribution in [-0.2, 0) is 13.1 Å². The van der Waals surface area contributed by atoms with Gasteiger partial charge in [-0.3, -0.25) is 14.7 Å². The third-order valence-electron chi connectivity index (χ3n) is 7.03. The van der Waals surface area contributed by atoms with E-state index in [1.807, 2.05) is 34.9 Å². The molecular formula is C31H32N4O. The fraction of sp³-hybridized carbons (Fsp3) is 0.290. The second kappa shape index (κ2) is 11.8. The molecule has 1 fully saturated rings. The lowest BCUT2D eigenvalue weighted by molar-refractivity contribution is 0.111. The summed E-state index contributed by atoms with van der Waals surface area (Å²) < 4.78 is 1.86. The van der Waals surface area contributed by atoms with Crippen molar-refractivity contribution in [2.45, 2.75) is 32.0 Å². The Morgan fingerprint density at radius 3 is 2.42 bits per heavy atom. The minimum Gasteiger partial charge on any atom is -0.305 e. The molecule has 0 radical (unpaired) electrons. The molecule has 5 heteroatoms. The maximum atomic E-state index is 12.5. The molecule has 0 atom stereocenters. The number of hydrogen-bond donors (Lipinski definition) is 0. The lowest BCUT2D eigenvalue weighted by atomic mass is 10.0. The molecule has 182 valence electrons. The molecule has 2 aromatic carbocycles. The monoisotopic (exact) mass is 476 g/mol. The molecule has 1 aliphatic rings. The molecule has 0 N–H and O–H groups in total. The van der Waals surface area contributed by atoms with Crippen LogP contribution in [0.4, 0.5) is 0 Å². The van der Waals surface area contributed by atoms with Crippen LogP contribution in [0, 0.1) is 11.8 Å². The van der Waals surface area contributed by atoms with E-state index in [0.717, 1.165) is 62.0 Å². The summed E-state index contributed by atoms with van der Waals surface area (Å²) in [4.78, 5) is 21.8. The van der Waals surface area contributed by atoms with E-state index in [9.17, 15) is 4.79 Å². The van der Waals surface area contributed by atoms with Crippen molar-refractivity contribution in [3.63, 3.8) is 0 Å². The van der Waals surface area contributed by atoms with Crippen molar-refractivity contribution < 1.29 is 0 Å². The van der Waals surface area contributed by atoms with Crippen LogP contribution >= 0.6 is 0 Å². The number of piperidine rings is 1. The topological polar surface area (TPSA) is 41.4 Å². The molecule has 0 unspecified atom stereocenters. The second-order valence-electron chi connectivity index (χ2n) is 9.39. The van der Waals surface area contributed by atoms with Gasteiger partial charge < -0.3 is 9.47 Å². The van der Waals surface area contributed by atoms with Gasteiger partial charge in [0.1, 0.15) is 0 Å². The summed E-state index contributed by atoms with van der Waals surface area (Å²) in [6, 6.07) is 26.9. The number of fused-ring (bicyclic) bond motifs is 1. The van der Waals surface area contributed by atoms with Gasteiger partial charge in [0.15, 0.2) is 0 Å². The van der Waals surface area contributed by atoms with Crippen molar-refractivity contribution >= 4 is 10.9 Å². The number of aromatic nitrogens is 2. The minimum atomic E-state index is 0.0383. The summed E-state index contributed by atoms with van der Waals surface area (Å²) in [6.45, 7) is 5.27. The first kappa shape index (κ1) is 24.0. The largest absolute Gasteiger partial charge is 0.305 e. The minimum absolute atomic E-state index is 0.0383. The van der Waals surface area contributed by atoms with E-state index in [1.165, 1.54) is 5.56 Å². The summed E-state index contributed by atoms with van der Waals surface area (Å²) in [5.74, 6) is 6.75. The average molecular weight is 477 g/mol. The fourth-order valence-electron chi connectivity index (χ4n) is 5.01. The maximum Gasteiger partial charge on any atom is 0.251 e. The van der Waals surface area contributed by atoms with Gasteiger partial charge >= 0.3 is 0 Å². The van der Waals surface area contributed by atoms with Crippen LogP contribution in [0.25, 0.3) is 10.9 Å². The van der Waals surface area contributed by atoms with Gasteiger partial charge in [-0.15, -0.1) is 0 Å². The Bertz CT molecular complexity index is 1380. The Morgan fingerprint density at radius 1 is 0.889 bits per heavy atom. The predicted octanol–water partition coefficient (Wildman–Crippen LogP) is 4.41. The molecule has 0 saturated carbocycles. The maximum absolute atomic E-state index is 12.5. The van der Waals surface area contributed by atoms with Gasteiger partial charge in [0.2, 0.25) is 0 Å². The molecule has 5 nitrogen and oxygen atoms in total. The second-order valence-corrected chi connectivity index (χ2v) is 9.39. The highest BCUT2D eigenvalue weighted by Crippen LogP contribution is 2.19. The van der Waals surface area contributed by atoms with Crippen LogP contribution in [-0.4, -0.2) is 51.6 Å². The smallest absolute Gasteiger partial charge is 0.251 e. The molecule has 0 bridgehead atoms. The number of rotatable bonds is 7. The van der Waals surface area contributed by atoms with E-state index in [2.05, 4.69) is 69.1 Å². The molecule has 2 aromatic heterocycles. The Hall–Kier alpha value is -3.72. The summed E-state index contributed by atoms with van der Waals surface area (Å²) in [5.41, 5.74) is 3.33. The van der Waals surface area contributed by atoms with Crippen LogP contribution in [0.15, 0.2) is 96.1 Å². The Morgan fingerprint density at radius 2 is 1.64 bits per heavy atom. The van der Waals surface area contributed by atoms with E-state index in [0.29, 0.717) is 12.6 Å². The first-order valence-corrected chi connectivity index (χ1v) is 12.7. The van der Waals surface area contributed by atoms with Crippen molar-refractivity contribution in [2.75, 3.05) is 26.2 Å². The lowest BCUT2D eigenvalue weighted by Crippen LogP contribution is -2.45. The molecule has 0 aliphatic carbocycles. The first-order chi connectivity index (χ1) is 17.8. The zero-order chi connectivity index (χ0) is 24.6. The summed E-state index contributed by atoms with van der Waals surface area (Å²) in [7, 11) is 0. The molecular weight excluding hydrogens is 444 g/mol. The highest BCUT2D eigenvalue weighted by molar-refractivity contribution is 5.77. The lowest BCUT2D eigenvalue weighted by Gasteiger charge is -2.38. The fourth-order valence-corrected chi connectivity index (χ4v) is 5.01. The van der Waals surface area contributed by atoms with Gasteiger partial charge in [-0.05, 0) is 55.8 Å². The van der Waals surface area contributed by atoms with Gasteiger partial charge in [-0.2, -0.15) is 0 Å². The van der Waals surface area contributed by atoms with Gasteiger partial charge in [0.25, 0.3) is 5.56 Å². The zero-order valence-corrected chi connectivity index (χ0v) is 20.6. The molecule has 1 saturated heterocycles. The molecule has 5 rings (SSSR count). The van der Waals surface area contributed by atoms with Gasteiger partial charge in [-0.25, -0.2) is 0 Å². The molecule has 36 heavy (non-hydrogen) atoms. The Labute approximate surface area is 213 Å². The van der Waals surface area contributed by atoms with Crippen LogP contribution in [0.5, 0.6) is 0 Å². The molecule has 4 aromatic rings. The highest BCUT2D eigenvalue weighted by atomic mass is 16.1. The standard InChI is InChI=1S/C31H32N4O/c36-31-14-13-28-15-18-32-24-30(28)35(31)23-22-33-20-16-29(17-21-33)34(25-27-10-5-2-6-11-27)19-7-12-26-8-3-1-4-9-26/h1-6,8-11,13-15,18,24,29H,16-17,19-23,25H2. The van der Waals surface area contributed by atoms with Crippen LogP contribution in [0.2, 0.25) is 0 Å². The molecule has 1 aliphatic heterocycles. The molecule has 0 amide bonds. The third kappa shape index (κ3) is 6.09. The van der Waals surface area contributed by atoms with Gasteiger partial charge in [-0.1, -0.05) is 60.4 Å². The van der Waals surface area contributed by atoms with E-state index in [4.69, 9.17) is 0 Å². The van der Waals surface area contributed by atoms with Crippen molar-refractivity contribution in [1.29, 1.82) is 0 Å². The number of hydrogen-bond acceptors (Lipinski definition) is 4. The number of likely N-dealkylation sites (tertiary alicyclic amines) is 1. The zero-order valence-electron chi connectivity index (χ0n) is 20.6. The number of pyridine rings is 2. The average Bonchev–Trinajstić information content (AvgIpc) is 2.93. The van der Waals surface area contributed by atoms with Crippen LogP contribution in [0.3, 0.4) is 0 Å². The Balaban J connectivity index is 1.21. The third-order valence-corrected chi connectivity index (χ3v) is 7.03. The molecule has 3 heterocycles. The van der Waals surface area contributed by atoms with E-state index in [1.54, 1.807) is 18.5 Å². The van der Waals surface area contributed by atoms with Crippen molar-refractivity contribution in [1.82, 2.24) is 19.4 Å². The van der Waals surface area contributed by atoms with Crippen molar-refractivity contribution in [3.8, 4) is 11.8 Å². The summed E-state index contributed by atoms with van der Waals surface area (Å²) in [6.07, 6.45) is 5.77. The summed E-state index contributed by atoms with van der Waals surface area (Å²) in [5, 5.41) is 1.05. The normalized spacial score (nSPS) is 14.6. The number of nitrogens with zero attached hydrogens (tertiary/aromatic N) is 4. The van der Waals surface area contributed by atoms with E-state index in [-0.39, 0.29) is 5.56 Å². The first-order valence-electron chi connectivity index (χ1n) is 12.7. The summed E-state index contributed by atoms with van der Waals surface area (Å²) >= 11 is 0.